The van der Waals surface area contributed by atoms with E-state index < -0.39 is 5.91 Å². The van der Waals surface area contributed by atoms with E-state index >= 15 is 0 Å². The van der Waals surface area contributed by atoms with Crippen LogP contribution < -0.4 is 5.73 Å². The number of rotatable bonds is 2. The second kappa shape index (κ2) is 4.21. The molecule has 2 aromatic heterocycles. The van der Waals surface area contributed by atoms with Gasteiger partial charge in [-0.2, -0.15) is 4.98 Å². The molecule has 1 aliphatic carbocycles. The Labute approximate surface area is 103 Å². The third-order valence-electron chi connectivity index (χ3n) is 3.12. The Balaban J connectivity index is 2.08. The molecule has 0 radical (unpaired) electrons. The number of fused-ring (bicyclic) bond motifs is 1. The van der Waals surface area contributed by atoms with E-state index in [2.05, 4.69) is 15.1 Å². The highest BCUT2D eigenvalue weighted by Gasteiger charge is 2.20. The minimum Gasteiger partial charge on any atom is -0.361 e. The number of amides is 1. The van der Waals surface area contributed by atoms with Crippen molar-refractivity contribution in [1.82, 2.24) is 15.1 Å². The van der Waals surface area contributed by atoms with Crippen molar-refractivity contribution < 1.29 is 9.32 Å². The molecule has 2 N–H and O–H groups in total. The molecule has 18 heavy (non-hydrogen) atoms. The van der Waals surface area contributed by atoms with Gasteiger partial charge in [0, 0.05) is 6.20 Å². The van der Waals surface area contributed by atoms with Crippen LogP contribution >= 0.6 is 0 Å². The first-order valence-electron chi connectivity index (χ1n) is 5.86. The smallest absolute Gasteiger partial charge is 0.316 e. The van der Waals surface area contributed by atoms with Crippen LogP contribution in [0, 0.1) is 0 Å². The maximum absolute atomic E-state index is 10.9. The summed E-state index contributed by atoms with van der Waals surface area (Å²) in [6.45, 7) is 0. The van der Waals surface area contributed by atoms with Gasteiger partial charge >= 0.3 is 11.8 Å². The summed E-state index contributed by atoms with van der Waals surface area (Å²) in [7, 11) is 0. The summed E-state index contributed by atoms with van der Waals surface area (Å²) < 4.78 is 4.80. The predicted octanol–water partition coefficient (Wildman–Crippen LogP) is 1.11. The van der Waals surface area contributed by atoms with E-state index in [-0.39, 0.29) is 5.89 Å². The molecular weight excluding hydrogens is 232 g/mol. The number of carbonyl (C=O) groups is 1. The van der Waals surface area contributed by atoms with Crippen molar-refractivity contribution in [3.8, 4) is 11.5 Å². The van der Waals surface area contributed by atoms with E-state index in [4.69, 9.17) is 10.3 Å². The van der Waals surface area contributed by atoms with Crippen molar-refractivity contribution in [2.45, 2.75) is 25.7 Å². The van der Waals surface area contributed by atoms with Crippen molar-refractivity contribution in [1.29, 1.82) is 0 Å². The number of pyridine rings is 1. The van der Waals surface area contributed by atoms with Crippen molar-refractivity contribution >= 4 is 5.91 Å². The van der Waals surface area contributed by atoms with E-state index in [0.29, 0.717) is 11.5 Å². The van der Waals surface area contributed by atoms with Crippen LogP contribution in [0.3, 0.4) is 0 Å². The number of aromatic nitrogens is 3. The van der Waals surface area contributed by atoms with Crippen molar-refractivity contribution in [2.24, 2.45) is 5.73 Å². The van der Waals surface area contributed by atoms with Crippen LogP contribution in [0.15, 0.2) is 16.8 Å². The van der Waals surface area contributed by atoms with Gasteiger partial charge in [0.05, 0.1) is 0 Å². The van der Waals surface area contributed by atoms with Crippen LogP contribution in [-0.2, 0) is 12.8 Å². The summed E-state index contributed by atoms with van der Waals surface area (Å²) in [6, 6.07) is 2.02. The Morgan fingerprint density at radius 2 is 2.17 bits per heavy atom. The topological polar surface area (TPSA) is 94.9 Å². The molecule has 6 heteroatoms. The molecule has 2 heterocycles. The van der Waals surface area contributed by atoms with Crippen LogP contribution in [0.25, 0.3) is 11.5 Å². The average Bonchev–Trinajstić information content (AvgIpc) is 2.87. The molecule has 0 aliphatic heterocycles. The minimum atomic E-state index is -0.724. The predicted molar refractivity (Wildman–Crippen MR) is 62.7 cm³/mol. The molecule has 0 atom stereocenters. The lowest BCUT2D eigenvalue weighted by atomic mass is 9.91. The van der Waals surface area contributed by atoms with E-state index in [1.54, 1.807) is 6.20 Å². The molecule has 6 nitrogen and oxygen atoms in total. The summed E-state index contributed by atoms with van der Waals surface area (Å²) in [5, 5.41) is 3.77. The van der Waals surface area contributed by atoms with Crippen molar-refractivity contribution in [3.63, 3.8) is 0 Å². The van der Waals surface area contributed by atoms with Gasteiger partial charge in [-0.1, -0.05) is 5.16 Å². The van der Waals surface area contributed by atoms with E-state index in [1.807, 2.05) is 6.07 Å². The van der Waals surface area contributed by atoms with Gasteiger partial charge < -0.3 is 10.3 Å². The fourth-order valence-corrected chi connectivity index (χ4v) is 2.28. The van der Waals surface area contributed by atoms with Gasteiger partial charge in [0.1, 0.15) is 5.69 Å². The molecule has 0 saturated heterocycles. The van der Waals surface area contributed by atoms with Crippen LogP contribution in [0.4, 0.5) is 0 Å². The molecule has 0 aromatic carbocycles. The van der Waals surface area contributed by atoms with Gasteiger partial charge in [-0.15, -0.1) is 0 Å². The third-order valence-corrected chi connectivity index (χ3v) is 3.12. The lowest BCUT2D eigenvalue weighted by Crippen LogP contribution is -2.11. The largest absolute Gasteiger partial charge is 0.361 e. The Morgan fingerprint density at radius 1 is 1.33 bits per heavy atom. The first-order valence-corrected chi connectivity index (χ1v) is 5.86. The fourth-order valence-electron chi connectivity index (χ4n) is 2.28. The summed E-state index contributed by atoms with van der Waals surface area (Å²) in [6.07, 6.45) is 6.06. The lowest BCUT2D eigenvalue weighted by molar-refractivity contribution is 0.0958. The number of aryl methyl sites for hydroxylation is 1. The normalized spacial score (nSPS) is 14.2. The highest BCUT2D eigenvalue weighted by atomic mass is 16.5. The lowest BCUT2D eigenvalue weighted by Gasteiger charge is -2.16. The molecule has 2 aromatic rings. The van der Waals surface area contributed by atoms with Gasteiger partial charge in [-0.25, -0.2) is 0 Å². The van der Waals surface area contributed by atoms with Gasteiger partial charge in [0.15, 0.2) is 0 Å². The maximum atomic E-state index is 10.9. The first-order chi connectivity index (χ1) is 8.75. The maximum Gasteiger partial charge on any atom is 0.316 e. The van der Waals surface area contributed by atoms with Crippen molar-refractivity contribution in [3.05, 3.63) is 29.3 Å². The van der Waals surface area contributed by atoms with Gasteiger partial charge in [0.2, 0.25) is 5.82 Å². The number of carbonyl (C=O) groups excluding carboxylic acids is 1. The number of hydrogen-bond acceptors (Lipinski definition) is 5. The number of primary amides is 1. The molecule has 0 unspecified atom stereocenters. The Bertz CT molecular complexity index is 606. The van der Waals surface area contributed by atoms with E-state index in [1.165, 1.54) is 12.0 Å². The Kier molecular flexibility index (Phi) is 2.55. The highest BCUT2D eigenvalue weighted by Crippen LogP contribution is 2.28. The molecular formula is C12H12N4O2. The minimum absolute atomic E-state index is 0.180. The standard InChI is InChI=1S/C12H12N4O2/c13-10(17)12-15-11(16-18-12)9-8-4-2-1-3-7(8)5-6-14-9/h5-6H,1-4H2,(H2,13,17). The number of nitrogens with zero attached hydrogens (tertiary/aromatic N) is 3. The summed E-state index contributed by atoms with van der Waals surface area (Å²) >= 11 is 0. The molecule has 1 amide bonds. The van der Waals surface area contributed by atoms with Crippen molar-refractivity contribution in [2.75, 3.05) is 0 Å². The number of nitrogens with two attached hydrogens (primary N) is 1. The Morgan fingerprint density at radius 3 is 2.94 bits per heavy atom. The quantitative estimate of drug-likeness (QED) is 0.853. The molecule has 0 spiro atoms. The van der Waals surface area contributed by atoms with Crippen LogP contribution in [0.2, 0.25) is 0 Å². The third kappa shape index (κ3) is 1.75. The van der Waals surface area contributed by atoms with Gasteiger partial charge in [0.25, 0.3) is 0 Å². The fraction of sp³-hybridized carbons (Fsp3) is 0.333. The average molecular weight is 244 g/mol. The summed E-state index contributed by atoms with van der Waals surface area (Å²) in [4.78, 5) is 19.2. The van der Waals surface area contributed by atoms with Gasteiger partial charge in [-0.05, 0) is 42.9 Å². The molecule has 0 saturated carbocycles. The van der Waals surface area contributed by atoms with E-state index in [0.717, 1.165) is 24.8 Å². The van der Waals surface area contributed by atoms with Crippen LogP contribution in [0.1, 0.15) is 34.7 Å². The SMILES string of the molecule is NC(=O)c1nc(-c2nccc3c2CCCC3)no1. The molecule has 92 valence electrons. The highest BCUT2D eigenvalue weighted by molar-refractivity contribution is 5.88. The zero-order valence-electron chi connectivity index (χ0n) is 9.72. The summed E-state index contributed by atoms with van der Waals surface area (Å²) in [5.74, 6) is -0.568. The molecule has 3 rings (SSSR count). The molecule has 0 bridgehead atoms. The summed E-state index contributed by atoms with van der Waals surface area (Å²) in [5.41, 5.74) is 8.21. The van der Waals surface area contributed by atoms with Crippen LogP contribution in [0.5, 0.6) is 0 Å². The van der Waals surface area contributed by atoms with E-state index in [9.17, 15) is 4.79 Å². The molecule has 0 fully saturated rings. The second-order valence-corrected chi connectivity index (χ2v) is 4.29. The monoisotopic (exact) mass is 244 g/mol. The molecule has 1 aliphatic rings. The zero-order valence-corrected chi connectivity index (χ0v) is 9.72. The van der Waals surface area contributed by atoms with Gasteiger partial charge in [-0.3, -0.25) is 9.78 Å². The van der Waals surface area contributed by atoms with Crippen LogP contribution in [-0.4, -0.2) is 21.0 Å². The number of hydrogen-bond donors (Lipinski definition) is 1. The Hall–Kier alpha value is -2.24. The first kappa shape index (κ1) is 10.9. The zero-order chi connectivity index (χ0) is 12.5. The second-order valence-electron chi connectivity index (χ2n) is 4.29.